The molecule has 12 heavy (non-hydrogen) atoms. The van der Waals surface area contributed by atoms with Gasteiger partial charge in [0, 0.05) is 11.8 Å². The first-order valence-electron chi connectivity index (χ1n) is 4.97. The number of aliphatic imine (C=N–C) groups is 1. The van der Waals surface area contributed by atoms with E-state index in [9.17, 15) is 0 Å². The lowest BCUT2D eigenvalue weighted by Gasteiger charge is -2.03. The molecule has 0 aliphatic heterocycles. The van der Waals surface area contributed by atoms with Gasteiger partial charge in [0.2, 0.25) is 0 Å². The average Bonchev–Trinajstić information content (AvgIpc) is 2.11. The smallest absolute Gasteiger partial charge is 0.0472 e. The van der Waals surface area contributed by atoms with Crippen LogP contribution < -0.4 is 0 Å². The van der Waals surface area contributed by atoms with Crippen molar-refractivity contribution in [3.8, 4) is 0 Å². The fourth-order valence-electron chi connectivity index (χ4n) is 0.880. The molecule has 0 aromatic carbocycles. The molecule has 1 heteroatoms. The Morgan fingerprint density at radius 1 is 1.33 bits per heavy atom. The molecule has 1 nitrogen and oxygen atoms in total. The molecule has 0 fully saturated rings. The van der Waals surface area contributed by atoms with Crippen molar-refractivity contribution in [3.63, 3.8) is 0 Å². The molecule has 0 saturated carbocycles. The molecule has 0 spiro atoms. The molecule has 0 saturated heterocycles. The highest BCUT2D eigenvalue weighted by molar-refractivity contribution is 5.94. The van der Waals surface area contributed by atoms with Crippen LogP contribution in [0.4, 0.5) is 0 Å². The average molecular weight is 167 g/mol. The van der Waals surface area contributed by atoms with Crippen molar-refractivity contribution in [2.24, 2.45) is 4.99 Å². The predicted octanol–water partition coefficient (Wildman–Crippen LogP) is 3.60. The van der Waals surface area contributed by atoms with Crippen molar-refractivity contribution in [2.75, 3.05) is 0 Å². The summed E-state index contributed by atoms with van der Waals surface area (Å²) >= 11 is 0. The second kappa shape index (κ2) is 7.08. The van der Waals surface area contributed by atoms with Gasteiger partial charge in [0.25, 0.3) is 0 Å². The fraction of sp³-hybridized carbons (Fsp3) is 0.727. The first kappa shape index (κ1) is 11.4. The summed E-state index contributed by atoms with van der Waals surface area (Å²) in [6, 6.07) is 0.474. The summed E-state index contributed by atoms with van der Waals surface area (Å²) in [6.45, 7) is 8.63. The van der Waals surface area contributed by atoms with Crippen LogP contribution in [0.2, 0.25) is 0 Å². The van der Waals surface area contributed by atoms with Crippen molar-refractivity contribution < 1.29 is 0 Å². The standard InChI is InChI=1S/C11H21N/c1-5-8-9-11(7-3)12-10(4)6-2/h8-10H,5-7H2,1-4H3/b9-8-,12-11?. The Kier molecular flexibility index (Phi) is 6.73. The van der Waals surface area contributed by atoms with E-state index in [0.29, 0.717) is 6.04 Å². The maximum absolute atomic E-state index is 4.58. The van der Waals surface area contributed by atoms with E-state index in [1.54, 1.807) is 0 Å². The van der Waals surface area contributed by atoms with Gasteiger partial charge in [-0.1, -0.05) is 26.8 Å². The Labute approximate surface area is 76.6 Å². The third kappa shape index (κ3) is 5.11. The summed E-state index contributed by atoms with van der Waals surface area (Å²) in [5.74, 6) is 0. The van der Waals surface area contributed by atoms with Crippen LogP contribution in [0.3, 0.4) is 0 Å². The quantitative estimate of drug-likeness (QED) is 0.555. The number of hydrogen-bond donors (Lipinski definition) is 0. The summed E-state index contributed by atoms with van der Waals surface area (Å²) < 4.78 is 0. The topological polar surface area (TPSA) is 12.4 Å². The molecule has 70 valence electrons. The largest absolute Gasteiger partial charge is 0.287 e. The van der Waals surface area contributed by atoms with Crippen molar-refractivity contribution in [1.29, 1.82) is 0 Å². The molecule has 0 aliphatic carbocycles. The van der Waals surface area contributed by atoms with E-state index in [2.05, 4.69) is 44.8 Å². The molecular weight excluding hydrogens is 146 g/mol. The molecule has 0 heterocycles. The lowest BCUT2D eigenvalue weighted by molar-refractivity contribution is 0.715. The van der Waals surface area contributed by atoms with Crippen LogP contribution in [0, 0.1) is 0 Å². The molecule has 0 aromatic heterocycles. The van der Waals surface area contributed by atoms with E-state index in [1.165, 1.54) is 5.71 Å². The Morgan fingerprint density at radius 3 is 2.42 bits per heavy atom. The Balaban J connectivity index is 4.12. The van der Waals surface area contributed by atoms with Gasteiger partial charge in [0.05, 0.1) is 0 Å². The monoisotopic (exact) mass is 167 g/mol. The van der Waals surface area contributed by atoms with Crippen LogP contribution in [0.5, 0.6) is 0 Å². The fourth-order valence-corrected chi connectivity index (χ4v) is 0.880. The molecule has 0 amide bonds. The molecule has 0 aliphatic rings. The zero-order valence-corrected chi connectivity index (χ0v) is 8.80. The Bertz CT molecular complexity index is 156. The van der Waals surface area contributed by atoms with Gasteiger partial charge in [0.1, 0.15) is 0 Å². The third-order valence-electron chi connectivity index (χ3n) is 1.89. The van der Waals surface area contributed by atoms with E-state index in [0.717, 1.165) is 19.3 Å². The lowest BCUT2D eigenvalue weighted by Crippen LogP contribution is -2.01. The van der Waals surface area contributed by atoms with E-state index in [1.807, 2.05) is 0 Å². The van der Waals surface area contributed by atoms with E-state index in [-0.39, 0.29) is 0 Å². The minimum absolute atomic E-state index is 0.474. The molecule has 1 unspecified atom stereocenters. The van der Waals surface area contributed by atoms with E-state index in [4.69, 9.17) is 0 Å². The summed E-state index contributed by atoms with van der Waals surface area (Å²) in [5, 5.41) is 0. The third-order valence-corrected chi connectivity index (χ3v) is 1.89. The number of allylic oxidation sites excluding steroid dienone is 2. The number of nitrogens with zero attached hydrogens (tertiary/aromatic N) is 1. The van der Waals surface area contributed by atoms with Gasteiger partial charge in [-0.15, -0.1) is 0 Å². The maximum atomic E-state index is 4.58. The molecule has 0 radical (unpaired) electrons. The van der Waals surface area contributed by atoms with Crippen molar-refractivity contribution in [1.82, 2.24) is 0 Å². The van der Waals surface area contributed by atoms with Crippen LogP contribution in [0.25, 0.3) is 0 Å². The van der Waals surface area contributed by atoms with Crippen molar-refractivity contribution in [2.45, 2.75) is 53.0 Å². The van der Waals surface area contributed by atoms with Crippen LogP contribution >= 0.6 is 0 Å². The predicted molar refractivity (Wildman–Crippen MR) is 56.9 cm³/mol. The van der Waals surface area contributed by atoms with Gasteiger partial charge in [-0.05, 0) is 32.3 Å². The molecular formula is C11H21N. The first-order chi connectivity index (χ1) is 5.74. The number of rotatable bonds is 5. The second-order valence-electron chi connectivity index (χ2n) is 3.04. The van der Waals surface area contributed by atoms with Crippen LogP contribution in [0.15, 0.2) is 17.1 Å². The zero-order valence-electron chi connectivity index (χ0n) is 8.80. The van der Waals surface area contributed by atoms with Gasteiger partial charge in [0.15, 0.2) is 0 Å². The first-order valence-corrected chi connectivity index (χ1v) is 4.97. The van der Waals surface area contributed by atoms with Gasteiger partial charge >= 0.3 is 0 Å². The normalized spacial score (nSPS) is 15.5. The minimum atomic E-state index is 0.474. The Morgan fingerprint density at radius 2 is 2.00 bits per heavy atom. The lowest BCUT2D eigenvalue weighted by atomic mass is 10.2. The highest BCUT2D eigenvalue weighted by atomic mass is 14.8. The minimum Gasteiger partial charge on any atom is -0.287 e. The van der Waals surface area contributed by atoms with E-state index < -0.39 is 0 Å². The maximum Gasteiger partial charge on any atom is 0.0472 e. The summed E-state index contributed by atoms with van der Waals surface area (Å²) in [6.07, 6.45) is 7.58. The second-order valence-corrected chi connectivity index (χ2v) is 3.04. The summed E-state index contributed by atoms with van der Waals surface area (Å²) in [5.41, 5.74) is 1.23. The highest BCUT2D eigenvalue weighted by Crippen LogP contribution is 1.99. The molecule has 0 N–H and O–H groups in total. The SMILES string of the molecule is CC/C=C\C(CC)=NC(C)CC. The van der Waals surface area contributed by atoms with Crippen molar-refractivity contribution in [3.05, 3.63) is 12.2 Å². The van der Waals surface area contributed by atoms with Crippen LogP contribution in [-0.4, -0.2) is 11.8 Å². The molecule has 0 rings (SSSR count). The number of hydrogen-bond acceptors (Lipinski definition) is 1. The van der Waals surface area contributed by atoms with Gasteiger partial charge in [-0.25, -0.2) is 0 Å². The molecule has 1 atom stereocenters. The molecule has 0 aromatic rings. The summed E-state index contributed by atoms with van der Waals surface area (Å²) in [4.78, 5) is 4.58. The molecule has 0 bridgehead atoms. The van der Waals surface area contributed by atoms with E-state index >= 15 is 0 Å². The van der Waals surface area contributed by atoms with Gasteiger partial charge in [-0.3, -0.25) is 4.99 Å². The zero-order chi connectivity index (χ0) is 9.40. The van der Waals surface area contributed by atoms with Crippen molar-refractivity contribution >= 4 is 5.71 Å². The highest BCUT2D eigenvalue weighted by Gasteiger charge is 1.95. The van der Waals surface area contributed by atoms with Crippen LogP contribution in [0.1, 0.15) is 47.0 Å². The van der Waals surface area contributed by atoms with Crippen LogP contribution in [-0.2, 0) is 0 Å². The summed E-state index contributed by atoms with van der Waals surface area (Å²) in [7, 11) is 0. The Hall–Kier alpha value is -0.590. The van der Waals surface area contributed by atoms with Gasteiger partial charge < -0.3 is 0 Å². The van der Waals surface area contributed by atoms with Gasteiger partial charge in [-0.2, -0.15) is 0 Å².